The smallest absolute Gasteiger partial charge is 0.226 e. The molecule has 1 fully saturated rings. The van der Waals surface area contributed by atoms with E-state index < -0.39 is 0 Å². The Morgan fingerprint density at radius 1 is 1.04 bits per heavy atom. The van der Waals surface area contributed by atoms with Crippen LogP contribution in [0.2, 0.25) is 0 Å². The lowest BCUT2D eigenvalue weighted by Crippen LogP contribution is -2.31. The Bertz CT molecular complexity index is 911. The quantitative estimate of drug-likeness (QED) is 0.545. The van der Waals surface area contributed by atoms with Crippen molar-refractivity contribution in [3.63, 3.8) is 0 Å². The van der Waals surface area contributed by atoms with Crippen LogP contribution in [0.4, 0.5) is 0 Å². The van der Waals surface area contributed by atoms with Gasteiger partial charge in [0.05, 0.1) is 12.6 Å². The summed E-state index contributed by atoms with van der Waals surface area (Å²) in [6.45, 7) is 6.80. The Labute approximate surface area is 151 Å². The predicted octanol–water partition coefficient (Wildman–Crippen LogP) is 5.68. The van der Waals surface area contributed by atoms with E-state index >= 15 is 0 Å². The maximum atomic E-state index is 2.65. The maximum Gasteiger partial charge on any atom is 0.290 e. The molecule has 2 aromatic carbocycles. The highest BCUT2D eigenvalue weighted by Gasteiger charge is 2.32. The Morgan fingerprint density at radius 2 is 1.76 bits per heavy atom. The minimum atomic E-state index is 0.559. The molecular weight excluding hydrogens is 304 g/mol. The van der Waals surface area contributed by atoms with Crippen molar-refractivity contribution in [3.05, 3.63) is 53.6 Å². The van der Waals surface area contributed by atoms with E-state index in [4.69, 9.17) is 0 Å². The molecule has 0 bridgehead atoms. The molecule has 0 unspecified atom stereocenters. The second kappa shape index (κ2) is 6.33. The van der Waals surface area contributed by atoms with Gasteiger partial charge in [0, 0.05) is 0 Å². The van der Waals surface area contributed by atoms with Gasteiger partial charge in [-0.2, -0.15) is 0 Å². The minimum Gasteiger partial charge on any atom is -0.226 e. The standard InChI is InChI=1S/C23H29N2/c1-16(2)18-13-14-21-22(15-18)25(19-10-6-7-11-19)23(24(21)4)20-12-8-5-9-17(20)3/h5,8-9,12-16,19H,6-7,10-11H2,1-4H3/q+1. The summed E-state index contributed by atoms with van der Waals surface area (Å²) in [5.41, 5.74) is 6.89. The highest BCUT2D eigenvalue weighted by atomic mass is 15.2. The van der Waals surface area contributed by atoms with Crippen molar-refractivity contribution in [2.75, 3.05) is 0 Å². The largest absolute Gasteiger partial charge is 0.290 e. The van der Waals surface area contributed by atoms with E-state index in [0.717, 1.165) is 0 Å². The summed E-state index contributed by atoms with van der Waals surface area (Å²) in [7, 11) is 2.23. The molecule has 0 atom stereocenters. The van der Waals surface area contributed by atoms with Crippen molar-refractivity contribution in [1.29, 1.82) is 0 Å². The van der Waals surface area contributed by atoms with Gasteiger partial charge >= 0.3 is 0 Å². The molecule has 1 heterocycles. The molecule has 0 amide bonds. The summed E-state index contributed by atoms with van der Waals surface area (Å²) in [5, 5.41) is 0. The Balaban J connectivity index is 2.05. The summed E-state index contributed by atoms with van der Waals surface area (Å²) >= 11 is 0. The number of fused-ring (bicyclic) bond motifs is 1. The molecule has 0 saturated heterocycles. The molecule has 1 saturated carbocycles. The fraction of sp³-hybridized carbons (Fsp3) is 0.435. The van der Waals surface area contributed by atoms with Gasteiger partial charge in [0.25, 0.3) is 5.82 Å². The molecule has 0 aliphatic heterocycles. The van der Waals surface area contributed by atoms with E-state index in [-0.39, 0.29) is 0 Å². The number of nitrogens with zero attached hydrogens (tertiary/aromatic N) is 2. The van der Waals surface area contributed by atoms with Crippen molar-refractivity contribution >= 4 is 11.0 Å². The van der Waals surface area contributed by atoms with E-state index in [1.807, 2.05) is 0 Å². The highest BCUT2D eigenvalue weighted by Crippen LogP contribution is 2.37. The van der Waals surface area contributed by atoms with Crippen molar-refractivity contribution in [2.24, 2.45) is 7.05 Å². The van der Waals surface area contributed by atoms with Crippen LogP contribution in [-0.2, 0) is 7.05 Å². The fourth-order valence-corrected chi connectivity index (χ4v) is 4.43. The molecule has 0 N–H and O–H groups in total. The van der Waals surface area contributed by atoms with E-state index in [1.54, 1.807) is 0 Å². The summed E-state index contributed by atoms with van der Waals surface area (Å²) in [6, 6.07) is 16.5. The monoisotopic (exact) mass is 333 g/mol. The van der Waals surface area contributed by atoms with Gasteiger partial charge in [-0.3, -0.25) is 0 Å². The van der Waals surface area contributed by atoms with Gasteiger partial charge in [-0.25, -0.2) is 9.13 Å². The molecule has 130 valence electrons. The average molecular weight is 333 g/mol. The van der Waals surface area contributed by atoms with E-state index in [1.165, 1.54) is 59.2 Å². The summed E-state index contributed by atoms with van der Waals surface area (Å²) in [6.07, 6.45) is 5.30. The van der Waals surface area contributed by atoms with Crippen LogP contribution in [0.25, 0.3) is 22.4 Å². The molecule has 1 aliphatic rings. The van der Waals surface area contributed by atoms with E-state index in [0.29, 0.717) is 12.0 Å². The second-order valence-corrected chi connectivity index (χ2v) is 7.91. The first kappa shape index (κ1) is 16.4. The molecule has 1 aromatic heterocycles. The first-order chi connectivity index (χ1) is 12.1. The molecule has 3 aromatic rings. The molecule has 2 heteroatoms. The molecule has 2 nitrogen and oxygen atoms in total. The number of rotatable bonds is 3. The van der Waals surface area contributed by atoms with Crippen molar-refractivity contribution < 1.29 is 4.57 Å². The normalized spacial score (nSPS) is 15.6. The van der Waals surface area contributed by atoms with E-state index in [2.05, 4.69) is 79.4 Å². The third kappa shape index (κ3) is 2.68. The highest BCUT2D eigenvalue weighted by molar-refractivity contribution is 5.78. The van der Waals surface area contributed by atoms with Gasteiger partial charge in [0.15, 0.2) is 11.0 Å². The number of hydrogen-bond donors (Lipinski definition) is 0. The first-order valence-electron chi connectivity index (χ1n) is 9.68. The lowest BCUT2D eigenvalue weighted by Gasteiger charge is -2.12. The topological polar surface area (TPSA) is 8.81 Å². The van der Waals surface area contributed by atoms with E-state index in [9.17, 15) is 0 Å². The molecule has 0 spiro atoms. The number of hydrogen-bond acceptors (Lipinski definition) is 0. The van der Waals surface area contributed by atoms with Crippen molar-refractivity contribution in [1.82, 2.24) is 4.57 Å². The zero-order valence-electron chi connectivity index (χ0n) is 15.9. The van der Waals surface area contributed by atoms with Gasteiger partial charge in [-0.15, -0.1) is 0 Å². The van der Waals surface area contributed by atoms with Crippen LogP contribution < -0.4 is 4.57 Å². The summed E-state index contributed by atoms with van der Waals surface area (Å²) < 4.78 is 5.05. The number of aromatic nitrogens is 2. The third-order valence-electron chi connectivity index (χ3n) is 5.91. The van der Waals surface area contributed by atoms with Gasteiger partial charge in [-0.05, 0) is 67.9 Å². The number of imidazole rings is 1. The van der Waals surface area contributed by atoms with Crippen LogP contribution in [0.15, 0.2) is 42.5 Å². The Hall–Kier alpha value is -2.09. The van der Waals surface area contributed by atoms with Crippen molar-refractivity contribution in [3.8, 4) is 11.4 Å². The Kier molecular flexibility index (Phi) is 4.15. The first-order valence-corrected chi connectivity index (χ1v) is 9.68. The second-order valence-electron chi connectivity index (χ2n) is 7.91. The number of aryl methyl sites for hydroxylation is 2. The van der Waals surface area contributed by atoms with Crippen LogP contribution >= 0.6 is 0 Å². The van der Waals surface area contributed by atoms with Gasteiger partial charge in [0.2, 0.25) is 0 Å². The zero-order valence-corrected chi connectivity index (χ0v) is 15.9. The van der Waals surface area contributed by atoms with Crippen LogP contribution in [0.1, 0.15) is 62.6 Å². The molecular formula is C23H29N2+. The lowest BCUT2D eigenvalue weighted by molar-refractivity contribution is -0.634. The SMILES string of the molecule is Cc1ccccc1-c1n(C2CCCC2)c2cc(C(C)C)ccc2[n+]1C. The molecule has 1 aliphatic carbocycles. The minimum absolute atomic E-state index is 0.559. The third-order valence-corrected chi connectivity index (χ3v) is 5.91. The molecule has 4 rings (SSSR count). The van der Waals surface area contributed by atoms with Gasteiger partial charge in [0.1, 0.15) is 6.04 Å². The van der Waals surface area contributed by atoms with Crippen LogP contribution in [0.5, 0.6) is 0 Å². The van der Waals surface area contributed by atoms with Crippen LogP contribution in [-0.4, -0.2) is 4.57 Å². The lowest BCUT2D eigenvalue weighted by atomic mass is 10.0. The summed E-state index contributed by atoms with van der Waals surface area (Å²) in [5.74, 6) is 1.92. The van der Waals surface area contributed by atoms with Crippen LogP contribution in [0, 0.1) is 6.92 Å². The average Bonchev–Trinajstić information content (AvgIpc) is 3.22. The maximum absolute atomic E-state index is 2.65. The summed E-state index contributed by atoms with van der Waals surface area (Å²) in [4.78, 5) is 0. The van der Waals surface area contributed by atoms with Crippen LogP contribution in [0.3, 0.4) is 0 Å². The van der Waals surface area contributed by atoms with Gasteiger partial charge < -0.3 is 0 Å². The molecule has 0 radical (unpaired) electrons. The molecule has 25 heavy (non-hydrogen) atoms. The Morgan fingerprint density at radius 3 is 2.44 bits per heavy atom. The zero-order chi connectivity index (χ0) is 17.6. The number of benzene rings is 2. The van der Waals surface area contributed by atoms with Crippen molar-refractivity contribution in [2.45, 2.75) is 58.4 Å². The fourth-order valence-electron chi connectivity index (χ4n) is 4.43. The van der Waals surface area contributed by atoms with Gasteiger partial charge in [-0.1, -0.05) is 38.1 Å². The predicted molar refractivity (Wildman–Crippen MR) is 105 cm³/mol.